The summed E-state index contributed by atoms with van der Waals surface area (Å²) in [6.07, 6.45) is 3.48. The maximum atomic E-state index is 11.7. The number of phenols is 2. The summed E-state index contributed by atoms with van der Waals surface area (Å²) in [6.45, 7) is 0.711. The second kappa shape index (κ2) is 7.55. The molecule has 1 rings (SSSR count). The number of rotatable bonds is 7. The first-order valence-electron chi connectivity index (χ1n) is 6.06. The lowest BCUT2D eigenvalue weighted by atomic mass is 10.1. The summed E-state index contributed by atoms with van der Waals surface area (Å²) in [5.41, 5.74) is 0.0744. The molecule has 0 aliphatic rings. The molecule has 0 bridgehead atoms. The fourth-order valence-electron chi connectivity index (χ4n) is 1.59. The number of aromatic hydroxyl groups is 2. The predicted molar refractivity (Wildman–Crippen MR) is 67.7 cm³/mol. The highest BCUT2D eigenvalue weighted by Gasteiger charge is 2.10. The Morgan fingerprint density at radius 2 is 1.83 bits per heavy atom. The second-order valence-corrected chi connectivity index (χ2v) is 4.10. The lowest BCUT2D eigenvalue weighted by molar-refractivity contribution is 0.0949. The van der Waals surface area contributed by atoms with E-state index in [1.807, 2.05) is 0 Å². The van der Waals surface area contributed by atoms with Gasteiger partial charge in [-0.1, -0.05) is 12.8 Å². The van der Waals surface area contributed by atoms with Crippen molar-refractivity contribution < 1.29 is 20.1 Å². The van der Waals surface area contributed by atoms with Crippen LogP contribution in [0.1, 0.15) is 36.0 Å². The third-order valence-electron chi connectivity index (χ3n) is 2.60. The van der Waals surface area contributed by atoms with Crippen molar-refractivity contribution in [2.75, 3.05) is 13.2 Å². The van der Waals surface area contributed by atoms with E-state index in [1.165, 1.54) is 18.2 Å². The Hall–Kier alpha value is -1.75. The van der Waals surface area contributed by atoms with Gasteiger partial charge in [0.15, 0.2) is 0 Å². The van der Waals surface area contributed by atoms with Crippen LogP contribution in [0.3, 0.4) is 0 Å². The highest BCUT2D eigenvalue weighted by molar-refractivity contribution is 5.97. The van der Waals surface area contributed by atoms with Crippen LogP contribution in [0.5, 0.6) is 11.5 Å². The van der Waals surface area contributed by atoms with Gasteiger partial charge >= 0.3 is 0 Å². The number of carbonyl (C=O) groups excluding carboxylic acids is 1. The number of benzene rings is 1. The van der Waals surface area contributed by atoms with Crippen LogP contribution in [0.25, 0.3) is 0 Å². The standard InChI is InChI=1S/C13H19NO4/c15-8-4-2-1-3-7-14-13(18)11-9-10(16)5-6-12(11)17/h5-6,9,15-17H,1-4,7-8H2,(H,14,18). The summed E-state index contributed by atoms with van der Waals surface area (Å²) in [5.74, 6) is -0.600. The first kappa shape index (κ1) is 14.3. The largest absolute Gasteiger partial charge is 0.508 e. The van der Waals surface area contributed by atoms with Crippen molar-refractivity contribution in [3.63, 3.8) is 0 Å². The van der Waals surface area contributed by atoms with Gasteiger partial charge in [0, 0.05) is 13.2 Å². The van der Waals surface area contributed by atoms with Gasteiger partial charge in [0.2, 0.25) is 0 Å². The lowest BCUT2D eigenvalue weighted by Crippen LogP contribution is -2.24. The van der Waals surface area contributed by atoms with Gasteiger partial charge in [-0.25, -0.2) is 0 Å². The number of carbonyl (C=O) groups is 1. The molecule has 0 heterocycles. The quantitative estimate of drug-likeness (QED) is 0.436. The van der Waals surface area contributed by atoms with Crippen LogP contribution in [0.15, 0.2) is 18.2 Å². The maximum absolute atomic E-state index is 11.7. The minimum absolute atomic E-state index is 0.0547. The molecule has 1 amide bonds. The third kappa shape index (κ3) is 4.63. The number of hydrogen-bond donors (Lipinski definition) is 4. The summed E-state index contributed by atoms with van der Waals surface area (Å²) in [7, 11) is 0. The topological polar surface area (TPSA) is 89.8 Å². The molecule has 0 atom stereocenters. The van der Waals surface area contributed by atoms with E-state index in [0.29, 0.717) is 6.54 Å². The van der Waals surface area contributed by atoms with E-state index in [0.717, 1.165) is 25.7 Å². The average molecular weight is 253 g/mol. The molecule has 0 aliphatic heterocycles. The zero-order valence-electron chi connectivity index (χ0n) is 10.2. The number of nitrogens with one attached hydrogen (secondary N) is 1. The molecule has 5 nitrogen and oxygen atoms in total. The molecule has 0 spiro atoms. The van der Waals surface area contributed by atoms with Gasteiger partial charge in [-0.2, -0.15) is 0 Å². The smallest absolute Gasteiger partial charge is 0.255 e. The van der Waals surface area contributed by atoms with Gasteiger partial charge in [0.1, 0.15) is 11.5 Å². The fraction of sp³-hybridized carbons (Fsp3) is 0.462. The van der Waals surface area contributed by atoms with Crippen LogP contribution in [0.2, 0.25) is 0 Å². The van der Waals surface area contributed by atoms with E-state index in [4.69, 9.17) is 5.11 Å². The van der Waals surface area contributed by atoms with Gasteiger partial charge in [-0.05, 0) is 31.0 Å². The van der Waals surface area contributed by atoms with Crippen molar-refractivity contribution in [1.29, 1.82) is 0 Å². The SMILES string of the molecule is O=C(NCCCCCCO)c1cc(O)ccc1O. The van der Waals surface area contributed by atoms with Gasteiger partial charge in [-0.15, -0.1) is 0 Å². The Kier molecular flexibility index (Phi) is 6.00. The summed E-state index contributed by atoms with van der Waals surface area (Å²) < 4.78 is 0. The third-order valence-corrected chi connectivity index (χ3v) is 2.60. The minimum Gasteiger partial charge on any atom is -0.508 e. The van der Waals surface area contributed by atoms with Crippen molar-refractivity contribution in [3.05, 3.63) is 23.8 Å². The second-order valence-electron chi connectivity index (χ2n) is 4.10. The van der Waals surface area contributed by atoms with E-state index in [2.05, 4.69) is 5.32 Å². The molecule has 0 aliphatic carbocycles. The van der Waals surface area contributed by atoms with Crippen LogP contribution in [0.4, 0.5) is 0 Å². The average Bonchev–Trinajstić information content (AvgIpc) is 2.36. The van der Waals surface area contributed by atoms with Crippen molar-refractivity contribution in [3.8, 4) is 11.5 Å². The molecule has 0 aromatic heterocycles. The number of aliphatic hydroxyl groups is 1. The lowest BCUT2D eigenvalue weighted by Gasteiger charge is -2.07. The molecule has 0 saturated heterocycles. The number of amides is 1. The normalized spacial score (nSPS) is 10.3. The first-order chi connectivity index (χ1) is 8.65. The Morgan fingerprint density at radius 3 is 2.56 bits per heavy atom. The summed E-state index contributed by atoms with van der Waals surface area (Å²) >= 11 is 0. The zero-order valence-corrected chi connectivity index (χ0v) is 10.2. The maximum Gasteiger partial charge on any atom is 0.255 e. The molecule has 100 valence electrons. The number of aliphatic hydroxyl groups excluding tert-OH is 1. The molecule has 1 aromatic carbocycles. The van der Waals surface area contributed by atoms with Crippen molar-refractivity contribution in [2.45, 2.75) is 25.7 Å². The molecule has 5 heteroatoms. The fourth-order valence-corrected chi connectivity index (χ4v) is 1.59. The van der Waals surface area contributed by atoms with Crippen LogP contribution < -0.4 is 5.32 Å². The highest BCUT2D eigenvalue weighted by atomic mass is 16.3. The predicted octanol–water partition coefficient (Wildman–Crippen LogP) is 1.38. The molecule has 4 N–H and O–H groups in total. The van der Waals surface area contributed by atoms with Crippen molar-refractivity contribution in [1.82, 2.24) is 5.32 Å². The van der Waals surface area contributed by atoms with Crippen molar-refractivity contribution in [2.24, 2.45) is 0 Å². The Bertz CT molecular complexity index is 393. The Morgan fingerprint density at radius 1 is 1.11 bits per heavy atom. The molecule has 18 heavy (non-hydrogen) atoms. The molecular weight excluding hydrogens is 234 g/mol. The van der Waals surface area contributed by atoms with Gasteiger partial charge < -0.3 is 20.6 Å². The van der Waals surface area contributed by atoms with Gasteiger partial charge in [-0.3, -0.25) is 4.79 Å². The van der Waals surface area contributed by atoms with Crippen LogP contribution in [-0.4, -0.2) is 34.4 Å². The Labute approximate surface area is 106 Å². The molecule has 1 aromatic rings. The van der Waals surface area contributed by atoms with Gasteiger partial charge in [0.25, 0.3) is 5.91 Å². The zero-order chi connectivity index (χ0) is 13.4. The summed E-state index contributed by atoms with van der Waals surface area (Å²) in [4.78, 5) is 11.7. The van der Waals surface area contributed by atoms with Gasteiger partial charge in [0.05, 0.1) is 5.56 Å². The van der Waals surface area contributed by atoms with E-state index < -0.39 is 5.91 Å². The van der Waals surface area contributed by atoms with E-state index >= 15 is 0 Å². The number of unbranched alkanes of at least 4 members (excludes halogenated alkanes) is 3. The molecule has 0 unspecified atom stereocenters. The van der Waals surface area contributed by atoms with Crippen molar-refractivity contribution >= 4 is 5.91 Å². The molecular formula is C13H19NO4. The first-order valence-corrected chi connectivity index (χ1v) is 6.06. The van der Waals surface area contributed by atoms with Crippen LogP contribution in [-0.2, 0) is 0 Å². The molecule has 0 saturated carbocycles. The number of phenolic OH excluding ortho intramolecular Hbond substituents is 2. The summed E-state index contributed by atoms with van der Waals surface area (Å²) in [5, 5.41) is 30.0. The molecule has 0 fully saturated rings. The van der Waals surface area contributed by atoms with E-state index in [-0.39, 0.29) is 23.7 Å². The van der Waals surface area contributed by atoms with Crippen LogP contribution in [0, 0.1) is 0 Å². The van der Waals surface area contributed by atoms with E-state index in [1.54, 1.807) is 0 Å². The monoisotopic (exact) mass is 253 g/mol. The Balaban J connectivity index is 2.34. The van der Waals surface area contributed by atoms with E-state index in [9.17, 15) is 15.0 Å². The molecule has 0 radical (unpaired) electrons. The minimum atomic E-state index is -0.398. The highest BCUT2D eigenvalue weighted by Crippen LogP contribution is 2.21. The van der Waals surface area contributed by atoms with Crippen LogP contribution >= 0.6 is 0 Å². The number of hydrogen-bond acceptors (Lipinski definition) is 4. The summed E-state index contributed by atoms with van der Waals surface area (Å²) in [6, 6.07) is 3.84.